The molecule has 1 aliphatic heterocycles. The fourth-order valence-electron chi connectivity index (χ4n) is 2.19. The minimum absolute atomic E-state index is 0.105. The molecule has 1 atom stereocenters. The van der Waals surface area contributed by atoms with E-state index in [9.17, 15) is 9.90 Å². The van der Waals surface area contributed by atoms with Crippen molar-refractivity contribution in [3.8, 4) is 0 Å². The van der Waals surface area contributed by atoms with Gasteiger partial charge in [0.25, 0.3) is 5.91 Å². The summed E-state index contributed by atoms with van der Waals surface area (Å²) in [6.07, 6.45) is 0.755. The third-order valence-corrected chi connectivity index (χ3v) is 4.38. The Morgan fingerprint density at radius 2 is 2.06 bits per heavy atom. The molecule has 0 spiro atoms. The van der Waals surface area contributed by atoms with Crippen LogP contribution in [0.1, 0.15) is 27.9 Å². The molecule has 1 aromatic rings. The molecule has 3 nitrogen and oxygen atoms in total. The number of carbonyl (C=O) groups is 1. The lowest BCUT2D eigenvalue weighted by Crippen LogP contribution is -2.42. The van der Waals surface area contributed by atoms with E-state index in [0.29, 0.717) is 17.9 Å². The standard InChI is InChI=1S/C14H19NO2S/c1-10-5-11(2)7-12(6-10)13(16)15-8-14(17)3-4-18-9-14/h5-7,17H,3-4,8-9H2,1-2H3,(H,15,16). The zero-order chi connectivity index (χ0) is 13.2. The topological polar surface area (TPSA) is 49.3 Å². The fourth-order valence-corrected chi connectivity index (χ4v) is 3.48. The molecule has 0 saturated carbocycles. The maximum atomic E-state index is 12.0. The summed E-state index contributed by atoms with van der Waals surface area (Å²) in [4.78, 5) is 12.0. The van der Waals surface area contributed by atoms with Gasteiger partial charge < -0.3 is 10.4 Å². The molecule has 1 amide bonds. The lowest BCUT2D eigenvalue weighted by atomic mass is 10.0. The van der Waals surface area contributed by atoms with Crippen LogP contribution in [0.5, 0.6) is 0 Å². The second kappa shape index (κ2) is 5.33. The van der Waals surface area contributed by atoms with E-state index in [2.05, 4.69) is 5.32 Å². The Hall–Kier alpha value is -1.00. The van der Waals surface area contributed by atoms with Gasteiger partial charge in [-0.2, -0.15) is 11.8 Å². The van der Waals surface area contributed by atoms with E-state index >= 15 is 0 Å². The van der Waals surface area contributed by atoms with Crippen molar-refractivity contribution >= 4 is 17.7 Å². The predicted octanol–water partition coefficient (Wildman–Crippen LogP) is 1.90. The molecule has 1 saturated heterocycles. The van der Waals surface area contributed by atoms with Crippen molar-refractivity contribution in [2.75, 3.05) is 18.1 Å². The smallest absolute Gasteiger partial charge is 0.251 e. The Kier molecular flexibility index (Phi) is 3.97. The monoisotopic (exact) mass is 265 g/mol. The molecule has 0 aliphatic carbocycles. The van der Waals surface area contributed by atoms with Gasteiger partial charge in [0, 0.05) is 17.9 Å². The molecule has 0 radical (unpaired) electrons. The molecule has 18 heavy (non-hydrogen) atoms. The first kappa shape index (κ1) is 13.4. The average molecular weight is 265 g/mol. The first-order valence-electron chi connectivity index (χ1n) is 6.15. The first-order valence-corrected chi connectivity index (χ1v) is 7.31. The minimum Gasteiger partial charge on any atom is -0.387 e. The number of rotatable bonds is 3. The van der Waals surface area contributed by atoms with Crippen molar-refractivity contribution in [1.82, 2.24) is 5.32 Å². The molecule has 1 fully saturated rings. The van der Waals surface area contributed by atoms with Crippen LogP contribution in [0.4, 0.5) is 0 Å². The Bertz CT molecular complexity index is 433. The summed E-state index contributed by atoms with van der Waals surface area (Å²) in [5, 5.41) is 13.0. The third-order valence-electron chi connectivity index (χ3n) is 3.14. The van der Waals surface area contributed by atoms with E-state index in [4.69, 9.17) is 0 Å². The number of amides is 1. The fraction of sp³-hybridized carbons (Fsp3) is 0.500. The van der Waals surface area contributed by atoms with E-state index in [0.717, 1.165) is 23.3 Å². The van der Waals surface area contributed by atoms with Gasteiger partial charge in [-0.05, 0) is 38.2 Å². The van der Waals surface area contributed by atoms with E-state index in [1.165, 1.54) is 0 Å². The van der Waals surface area contributed by atoms with E-state index in [1.807, 2.05) is 32.0 Å². The Labute approximate surface area is 112 Å². The largest absolute Gasteiger partial charge is 0.387 e. The summed E-state index contributed by atoms with van der Waals surface area (Å²) in [5.74, 6) is 1.57. The number of thioether (sulfide) groups is 1. The second-order valence-corrected chi connectivity index (χ2v) is 6.19. The van der Waals surface area contributed by atoms with Gasteiger partial charge in [-0.1, -0.05) is 17.2 Å². The van der Waals surface area contributed by atoms with E-state index in [-0.39, 0.29) is 5.91 Å². The summed E-state index contributed by atoms with van der Waals surface area (Å²) in [5.41, 5.74) is 2.10. The Balaban J connectivity index is 1.99. The molecule has 1 heterocycles. The lowest BCUT2D eigenvalue weighted by Gasteiger charge is -2.21. The number of hydrogen-bond acceptors (Lipinski definition) is 3. The zero-order valence-electron chi connectivity index (χ0n) is 10.8. The maximum absolute atomic E-state index is 12.0. The van der Waals surface area contributed by atoms with Crippen LogP contribution in [0.2, 0.25) is 0 Å². The normalized spacial score (nSPS) is 23.1. The highest BCUT2D eigenvalue weighted by Gasteiger charge is 2.32. The van der Waals surface area contributed by atoms with Crippen LogP contribution in [-0.2, 0) is 0 Å². The van der Waals surface area contributed by atoms with Crippen LogP contribution < -0.4 is 5.32 Å². The summed E-state index contributed by atoms with van der Waals surface area (Å²) < 4.78 is 0. The molecule has 1 aromatic carbocycles. The SMILES string of the molecule is Cc1cc(C)cc(C(=O)NCC2(O)CCSC2)c1. The third kappa shape index (κ3) is 3.27. The van der Waals surface area contributed by atoms with Gasteiger partial charge in [-0.3, -0.25) is 4.79 Å². The summed E-state index contributed by atoms with van der Waals surface area (Å²) in [7, 11) is 0. The Morgan fingerprint density at radius 3 is 2.61 bits per heavy atom. The number of hydrogen-bond donors (Lipinski definition) is 2. The van der Waals surface area contributed by atoms with Gasteiger partial charge in [0.1, 0.15) is 0 Å². The highest BCUT2D eigenvalue weighted by molar-refractivity contribution is 7.99. The highest BCUT2D eigenvalue weighted by Crippen LogP contribution is 2.27. The number of carbonyl (C=O) groups excluding carboxylic acids is 1. The number of benzene rings is 1. The Morgan fingerprint density at radius 1 is 1.39 bits per heavy atom. The van der Waals surface area contributed by atoms with Crippen LogP contribution >= 0.6 is 11.8 Å². The number of nitrogens with one attached hydrogen (secondary N) is 1. The molecule has 2 N–H and O–H groups in total. The first-order chi connectivity index (χ1) is 8.48. The molecule has 0 bridgehead atoms. The van der Waals surface area contributed by atoms with Crippen molar-refractivity contribution in [1.29, 1.82) is 0 Å². The molecular formula is C14H19NO2S. The minimum atomic E-state index is -0.723. The van der Waals surface area contributed by atoms with Crippen LogP contribution in [0, 0.1) is 13.8 Å². The van der Waals surface area contributed by atoms with Gasteiger partial charge in [0.15, 0.2) is 0 Å². The van der Waals surface area contributed by atoms with E-state index < -0.39 is 5.60 Å². The van der Waals surface area contributed by atoms with Crippen molar-refractivity contribution in [2.45, 2.75) is 25.9 Å². The molecular weight excluding hydrogens is 246 g/mol. The lowest BCUT2D eigenvalue weighted by molar-refractivity contribution is 0.0612. The van der Waals surface area contributed by atoms with Gasteiger partial charge in [0.05, 0.1) is 5.60 Å². The molecule has 1 unspecified atom stereocenters. The summed E-state index contributed by atoms with van der Waals surface area (Å²) >= 11 is 1.73. The number of aryl methyl sites for hydroxylation is 2. The maximum Gasteiger partial charge on any atom is 0.251 e. The van der Waals surface area contributed by atoms with Gasteiger partial charge in [-0.15, -0.1) is 0 Å². The van der Waals surface area contributed by atoms with Gasteiger partial charge in [-0.25, -0.2) is 0 Å². The zero-order valence-corrected chi connectivity index (χ0v) is 11.6. The average Bonchev–Trinajstić information content (AvgIpc) is 2.72. The highest BCUT2D eigenvalue weighted by atomic mass is 32.2. The quantitative estimate of drug-likeness (QED) is 0.877. The molecule has 4 heteroatoms. The van der Waals surface area contributed by atoms with Crippen molar-refractivity contribution in [3.05, 3.63) is 34.9 Å². The van der Waals surface area contributed by atoms with E-state index in [1.54, 1.807) is 11.8 Å². The molecule has 0 aromatic heterocycles. The van der Waals surface area contributed by atoms with Gasteiger partial charge in [0.2, 0.25) is 0 Å². The van der Waals surface area contributed by atoms with Crippen LogP contribution in [-0.4, -0.2) is 34.7 Å². The number of aliphatic hydroxyl groups is 1. The molecule has 2 rings (SSSR count). The summed E-state index contributed by atoms with van der Waals surface area (Å²) in [6.45, 7) is 4.29. The molecule has 1 aliphatic rings. The van der Waals surface area contributed by atoms with Crippen molar-refractivity contribution in [2.24, 2.45) is 0 Å². The summed E-state index contributed by atoms with van der Waals surface area (Å²) in [6, 6.07) is 5.78. The molecule has 98 valence electrons. The van der Waals surface area contributed by atoms with Gasteiger partial charge >= 0.3 is 0 Å². The predicted molar refractivity (Wildman–Crippen MR) is 75.1 cm³/mol. The van der Waals surface area contributed by atoms with Crippen LogP contribution in [0.25, 0.3) is 0 Å². The van der Waals surface area contributed by atoms with Crippen LogP contribution in [0.15, 0.2) is 18.2 Å². The van der Waals surface area contributed by atoms with Crippen LogP contribution in [0.3, 0.4) is 0 Å². The van der Waals surface area contributed by atoms with Crippen molar-refractivity contribution in [3.63, 3.8) is 0 Å². The van der Waals surface area contributed by atoms with Crippen molar-refractivity contribution < 1.29 is 9.90 Å². The second-order valence-electron chi connectivity index (χ2n) is 5.09.